The maximum Gasteiger partial charge on any atom is 0.0701 e. The van der Waals surface area contributed by atoms with Gasteiger partial charge in [-0.15, -0.1) is 0 Å². The summed E-state index contributed by atoms with van der Waals surface area (Å²) in [6.45, 7) is 9.10. The van der Waals surface area contributed by atoms with Crippen molar-refractivity contribution in [3.63, 3.8) is 0 Å². The molecule has 0 spiro atoms. The second-order valence-corrected chi connectivity index (χ2v) is 5.44. The third-order valence-corrected chi connectivity index (χ3v) is 3.93. The number of aliphatic hydroxyl groups excluding tert-OH is 1. The molecule has 0 radical (unpaired) electrons. The number of piperidine rings is 1. The van der Waals surface area contributed by atoms with Crippen LogP contribution in [0.3, 0.4) is 0 Å². The Hall–Kier alpha value is -0.160. The summed E-state index contributed by atoms with van der Waals surface area (Å²) in [5, 5.41) is 8.72. The zero-order chi connectivity index (χ0) is 12.7. The summed E-state index contributed by atoms with van der Waals surface area (Å²) in [7, 11) is 0. The van der Waals surface area contributed by atoms with Crippen molar-refractivity contribution in [3.05, 3.63) is 0 Å². The molecule has 1 aliphatic heterocycles. The molecular formula is C13H28N2O2. The molecule has 0 aromatic rings. The summed E-state index contributed by atoms with van der Waals surface area (Å²) in [5.41, 5.74) is 6.10. The highest BCUT2D eigenvalue weighted by Gasteiger charge is 2.27. The van der Waals surface area contributed by atoms with Gasteiger partial charge in [-0.1, -0.05) is 13.8 Å². The molecule has 4 heteroatoms. The van der Waals surface area contributed by atoms with Gasteiger partial charge in [-0.05, 0) is 31.2 Å². The molecule has 102 valence electrons. The quantitative estimate of drug-likeness (QED) is 0.696. The number of aliphatic hydroxyl groups is 1. The molecular weight excluding hydrogens is 216 g/mol. The molecule has 17 heavy (non-hydrogen) atoms. The van der Waals surface area contributed by atoms with Gasteiger partial charge >= 0.3 is 0 Å². The lowest BCUT2D eigenvalue weighted by molar-refractivity contribution is -0.0137. The van der Waals surface area contributed by atoms with Crippen molar-refractivity contribution in [2.45, 2.75) is 39.2 Å². The Bertz CT molecular complexity index is 200. The number of rotatable bonds is 7. The standard InChI is InChI=1S/C13H28N2O2/c1-3-13(2,10-14)11-15-6-4-12(5-7-15)17-9-8-16/h12,16H,3-11,14H2,1-2H3. The molecule has 0 bridgehead atoms. The van der Waals surface area contributed by atoms with E-state index in [0.29, 0.717) is 12.7 Å². The Morgan fingerprint density at radius 2 is 2.06 bits per heavy atom. The molecule has 3 N–H and O–H groups in total. The van der Waals surface area contributed by atoms with Crippen LogP contribution in [-0.4, -0.2) is 55.5 Å². The Morgan fingerprint density at radius 3 is 2.53 bits per heavy atom. The molecule has 0 aliphatic carbocycles. The highest BCUT2D eigenvalue weighted by molar-refractivity contribution is 4.81. The Kier molecular flexibility index (Phi) is 6.41. The molecule has 0 amide bonds. The van der Waals surface area contributed by atoms with Crippen LogP contribution in [0.25, 0.3) is 0 Å². The number of hydrogen-bond donors (Lipinski definition) is 2. The molecule has 4 nitrogen and oxygen atoms in total. The van der Waals surface area contributed by atoms with E-state index in [-0.39, 0.29) is 12.0 Å². The van der Waals surface area contributed by atoms with Crippen molar-refractivity contribution in [1.29, 1.82) is 0 Å². The summed E-state index contributed by atoms with van der Waals surface area (Å²) < 4.78 is 5.56. The molecule has 1 atom stereocenters. The Labute approximate surface area is 105 Å². The fourth-order valence-electron chi connectivity index (χ4n) is 2.31. The van der Waals surface area contributed by atoms with Crippen LogP contribution in [-0.2, 0) is 4.74 Å². The predicted octanol–water partition coefficient (Wildman–Crippen LogP) is 0.835. The first-order valence-corrected chi connectivity index (χ1v) is 6.78. The normalized spacial score (nSPS) is 22.6. The van der Waals surface area contributed by atoms with Gasteiger partial charge in [0.15, 0.2) is 0 Å². The highest BCUT2D eigenvalue weighted by Crippen LogP contribution is 2.23. The summed E-state index contributed by atoms with van der Waals surface area (Å²) in [6.07, 6.45) is 3.61. The van der Waals surface area contributed by atoms with Gasteiger partial charge in [-0.3, -0.25) is 0 Å². The fourth-order valence-corrected chi connectivity index (χ4v) is 2.31. The highest BCUT2D eigenvalue weighted by atomic mass is 16.5. The summed E-state index contributed by atoms with van der Waals surface area (Å²) in [5.74, 6) is 0. The molecule has 1 aliphatic rings. The second kappa shape index (κ2) is 7.31. The van der Waals surface area contributed by atoms with E-state index in [1.165, 1.54) is 0 Å². The van der Waals surface area contributed by atoms with Crippen molar-refractivity contribution in [3.8, 4) is 0 Å². The average molecular weight is 244 g/mol. The first-order chi connectivity index (χ1) is 8.13. The summed E-state index contributed by atoms with van der Waals surface area (Å²) in [4.78, 5) is 2.50. The van der Waals surface area contributed by atoms with Gasteiger partial charge in [-0.2, -0.15) is 0 Å². The zero-order valence-electron chi connectivity index (χ0n) is 11.3. The van der Waals surface area contributed by atoms with Gasteiger partial charge in [0.1, 0.15) is 0 Å². The number of ether oxygens (including phenoxy) is 1. The van der Waals surface area contributed by atoms with Crippen LogP contribution >= 0.6 is 0 Å². The molecule has 1 rings (SSSR count). The van der Waals surface area contributed by atoms with Gasteiger partial charge in [0.25, 0.3) is 0 Å². The van der Waals surface area contributed by atoms with Gasteiger partial charge in [0.05, 0.1) is 19.3 Å². The van der Waals surface area contributed by atoms with Gasteiger partial charge < -0.3 is 20.5 Å². The maximum absolute atomic E-state index is 8.72. The lowest BCUT2D eigenvalue weighted by Gasteiger charge is -2.38. The molecule has 1 fully saturated rings. The van der Waals surface area contributed by atoms with Crippen molar-refractivity contribution in [2.75, 3.05) is 39.4 Å². The van der Waals surface area contributed by atoms with E-state index >= 15 is 0 Å². The van der Waals surface area contributed by atoms with Gasteiger partial charge in [0, 0.05) is 19.6 Å². The van der Waals surface area contributed by atoms with Gasteiger partial charge in [0.2, 0.25) is 0 Å². The lowest BCUT2D eigenvalue weighted by atomic mass is 9.86. The smallest absolute Gasteiger partial charge is 0.0701 e. The zero-order valence-corrected chi connectivity index (χ0v) is 11.3. The van der Waals surface area contributed by atoms with Crippen LogP contribution in [0.1, 0.15) is 33.1 Å². The molecule has 0 aromatic carbocycles. The third-order valence-electron chi connectivity index (χ3n) is 3.93. The maximum atomic E-state index is 8.72. The number of likely N-dealkylation sites (tertiary alicyclic amines) is 1. The van der Waals surface area contributed by atoms with Crippen LogP contribution in [0.4, 0.5) is 0 Å². The molecule has 0 saturated carbocycles. The lowest BCUT2D eigenvalue weighted by Crippen LogP contribution is -2.45. The van der Waals surface area contributed by atoms with E-state index in [1.54, 1.807) is 0 Å². The number of hydrogen-bond acceptors (Lipinski definition) is 4. The van der Waals surface area contributed by atoms with E-state index in [9.17, 15) is 0 Å². The largest absolute Gasteiger partial charge is 0.394 e. The Balaban J connectivity index is 2.27. The van der Waals surface area contributed by atoms with Crippen molar-refractivity contribution in [2.24, 2.45) is 11.1 Å². The minimum absolute atomic E-state index is 0.126. The first-order valence-electron chi connectivity index (χ1n) is 6.78. The second-order valence-electron chi connectivity index (χ2n) is 5.44. The first kappa shape index (κ1) is 14.9. The van der Waals surface area contributed by atoms with E-state index in [4.69, 9.17) is 15.6 Å². The fraction of sp³-hybridized carbons (Fsp3) is 1.00. The predicted molar refractivity (Wildman–Crippen MR) is 70.0 cm³/mol. The summed E-state index contributed by atoms with van der Waals surface area (Å²) in [6, 6.07) is 0. The molecule has 0 aromatic heterocycles. The summed E-state index contributed by atoms with van der Waals surface area (Å²) >= 11 is 0. The average Bonchev–Trinajstić information content (AvgIpc) is 2.38. The monoisotopic (exact) mass is 244 g/mol. The van der Waals surface area contributed by atoms with Crippen molar-refractivity contribution >= 4 is 0 Å². The van der Waals surface area contributed by atoms with Crippen molar-refractivity contribution < 1.29 is 9.84 Å². The van der Waals surface area contributed by atoms with Crippen LogP contribution in [0.5, 0.6) is 0 Å². The van der Waals surface area contributed by atoms with Gasteiger partial charge in [-0.25, -0.2) is 0 Å². The van der Waals surface area contributed by atoms with Crippen LogP contribution in [0.15, 0.2) is 0 Å². The van der Waals surface area contributed by atoms with E-state index in [2.05, 4.69) is 18.7 Å². The van der Waals surface area contributed by atoms with E-state index in [1.807, 2.05) is 0 Å². The SMILES string of the molecule is CCC(C)(CN)CN1CCC(OCCO)CC1. The van der Waals surface area contributed by atoms with Crippen LogP contribution in [0, 0.1) is 5.41 Å². The molecule has 1 unspecified atom stereocenters. The van der Waals surface area contributed by atoms with Crippen molar-refractivity contribution in [1.82, 2.24) is 4.90 Å². The third kappa shape index (κ3) is 4.92. The minimum Gasteiger partial charge on any atom is -0.394 e. The van der Waals surface area contributed by atoms with Crippen LogP contribution in [0.2, 0.25) is 0 Å². The van der Waals surface area contributed by atoms with E-state index in [0.717, 1.165) is 45.4 Å². The molecule has 1 heterocycles. The van der Waals surface area contributed by atoms with Crippen LogP contribution < -0.4 is 5.73 Å². The van der Waals surface area contributed by atoms with E-state index < -0.39 is 0 Å². The molecule has 1 saturated heterocycles. The topological polar surface area (TPSA) is 58.7 Å². The Morgan fingerprint density at radius 1 is 1.41 bits per heavy atom. The number of nitrogens with zero attached hydrogens (tertiary/aromatic N) is 1. The number of nitrogens with two attached hydrogens (primary N) is 1. The minimum atomic E-state index is 0.126.